The van der Waals surface area contributed by atoms with E-state index in [9.17, 15) is 9.59 Å². The zero-order valence-corrected chi connectivity index (χ0v) is 16.0. The molecule has 1 aromatic carbocycles. The molecule has 3 aliphatic rings. The van der Waals surface area contributed by atoms with E-state index in [1.54, 1.807) is 7.05 Å². The van der Waals surface area contributed by atoms with Crippen LogP contribution >= 0.6 is 0 Å². The van der Waals surface area contributed by atoms with E-state index >= 15 is 0 Å². The number of anilines is 1. The summed E-state index contributed by atoms with van der Waals surface area (Å²) in [5.74, 6) is 0.442. The molecule has 0 bridgehead atoms. The Kier molecular flexibility index (Phi) is 4.05. The molecule has 27 heavy (non-hydrogen) atoms. The molecule has 1 saturated heterocycles. The topological polar surface area (TPSA) is 80.3 Å². The lowest BCUT2D eigenvalue weighted by molar-refractivity contribution is -0.126. The maximum absolute atomic E-state index is 12.4. The van der Waals surface area contributed by atoms with Gasteiger partial charge in [0.15, 0.2) is 12.2 Å². The van der Waals surface area contributed by atoms with Crippen molar-refractivity contribution >= 4 is 23.6 Å². The van der Waals surface area contributed by atoms with Crippen molar-refractivity contribution in [2.45, 2.75) is 33.0 Å². The van der Waals surface area contributed by atoms with E-state index in [0.717, 1.165) is 29.6 Å². The molecule has 0 saturated carbocycles. The molecule has 142 valence electrons. The number of nitrogens with zero attached hydrogens (tertiary/aromatic N) is 4. The Hall–Kier alpha value is -3.03. The van der Waals surface area contributed by atoms with Crippen molar-refractivity contribution in [1.29, 1.82) is 0 Å². The van der Waals surface area contributed by atoms with Crippen LogP contribution in [0.1, 0.15) is 19.4 Å². The number of hydrogen-bond donors (Lipinski definition) is 2. The highest BCUT2D eigenvalue weighted by Gasteiger charge is 2.52. The van der Waals surface area contributed by atoms with Crippen LogP contribution in [0.15, 0.2) is 40.7 Å². The summed E-state index contributed by atoms with van der Waals surface area (Å²) in [5, 5.41) is 5.87. The Labute approximate surface area is 158 Å². The van der Waals surface area contributed by atoms with Gasteiger partial charge >= 0.3 is 6.03 Å². The number of benzene rings is 1. The first-order chi connectivity index (χ1) is 12.9. The van der Waals surface area contributed by atoms with Gasteiger partial charge in [0.1, 0.15) is 0 Å². The molecular formula is C19H24N6O2. The minimum absolute atomic E-state index is 0.297. The van der Waals surface area contributed by atoms with Gasteiger partial charge in [-0.05, 0) is 32.4 Å². The molecule has 2 unspecified atom stereocenters. The number of carbonyl (C=O) groups excluding carboxylic acids is 2. The minimum atomic E-state index is -0.507. The molecular weight excluding hydrogens is 344 g/mol. The Bertz CT molecular complexity index is 877. The second kappa shape index (κ2) is 6.29. The molecule has 2 atom stereocenters. The third kappa shape index (κ3) is 2.63. The SMILES string of the molecule is CC1=C(C)N2C(=NC3C2C(=O)NC(=O)N3C)N1CCNc1ccccc1C. The van der Waals surface area contributed by atoms with Crippen LogP contribution in [-0.2, 0) is 4.79 Å². The second-order valence-corrected chi connectivity index (χ2v) is 7.13. The number of urea groups is 1. The van der Waals surface area contributed by atoms with Gasteiger partial charge in [-0.2, -0.15) is 0 Å². The van der Waals surface area contributed by atoms with Crippen molar-refractivity contribution in [3.05, 3.63) is 41.2 Å². The number of rotatable bonds is 4. The number of carbonyl (C=O) groups is 2. The van der Waals surface area contributed by atoms with E-state index in [-0.39, 0.29) is 5.91 Å². The molecule has 2 N–H and O–H groups in total. The molecule has 8 nitrogen and oxygen atoms in total. The Morgan fingerprint density at radius 2 is 1.89 bits per heavy atom. The standard InChI is InChI=1S/C19H24N6O2/c1-11-7-5-6-8-14(11)20-9-10-24-12(2)13(3)25-15-16(21-18(24)25)23(4)19(27)22-17(15)26/h5-8,15-16,20H,9-10H2,1-4H3,(H,22,26,27). The van der Waals surface area contributed by atoms with Gasteiger partial charge in [-0.25, -0.2) is 9.79 Å². The Morgan fingerprint density at radius 3 is 2.63 bits per heavy atom. The maximum atomic E-state index is 12.4. The van der Waals surface area contributed by atoms with E-state index in [4.69, 9.17) is 4.99 Å². The molecule has 3 amide bonds. The number of guanidine groups is 1. The summed E-state index contributed by atoms with van der Waals surface area (Å²) in [6, 6.07) is 7.26. The average Bonchev–Trinajstić information content (AvgIpc) is 3.13. The third-order valence-electron chi connectivity index (χ3n) is 5.57. The minimum Gasteiger partial charge on any atom is -0.383 e. The van der Waals surface area contributed by atoms with Crippen LogP contribution < -0.4 is 10.6 Å². The van der Waals surface area contributed by atoms with Crippen molar-refractivity contribution in [3.8, 4) is 0 Å². The van der Waals surface area contributed by atoms with Crippen molar-refractivity contribution in [2.75, 3.05) is 25.5 Å². The van der Waals surface area contributed by atoms with Crippen LogP contribution in [0.5, 0.6) is 0 Å². The predicted octanol–water partition coefficient (Wildman–Crippen LogP) is 1.52. The normalized spacial score (nSPS) is 24.1. The van der Waals surface area contributed by atoms with E-state index in [0.29, 0.717) is 6.54 Å². The third-order valence-corrected chi connectivity index (χ3v) is 5.57. The molecule has 4 rings (SSSR count). The van der Waals surface area contributed by atoms with E-state index < -0.39 is 18.2 Å². The van der Waals surface area contributed by atoms with Crippen LogP contribution in [0.25, 0.3) is 0 Å². The molecule has 0 aromatic heterocycles. The zero-order chi connectivity index (χ0) is 19.3. The highest BCUT2D eigenvalue weighted by Crippen LogP contribution is 2.35. The monoisotopic (exact) mass is 368 g/mol. The largest absolute Gasteiger partial charge is 0.383 e. The van der Waals surface area contributed by atoms with Crippen molar-refractivity contribution < 1.29 is 9.59 Å². The summed E-state index contributed by atoms with van der Waals surface area (Å²) in [6.07, 6.45) is -0.490. The molecule has 1 fully saturated rings. The highest BCUT2D eigenvalue weighted by atomic mass is 16.2. The van der Waals surface area contributed by atoms with Gasteiger partial charge in [-0.3, -0.25) is 15.0 Å². The van der Waals surface area contributed by atoms with Crippen molar-refractivity contribution in [2.24, 2.45) is 4.99 Å². The van der Waals surface area contributed by atoms with Gasteiger partial charge in [0.25, 0.3) is 5.91 Å². The average molecular weight is 368 g/mol. The lowest BCUT2D eigenvalue weighted by Crippen LogP contribution is -2.63. The number of allylic oxidation sites excluding steroid dienone is 2. The quantitative estimate of drug-likeness (QED) is 0.842. The van der Waals surface area contributed by atoms with E-state index in [1.807, 2.05) is 30.9 Å². The molecule has 8 heteroatoms. The smallest absolute Gasteiger partial charge is 0.325 e. The van der Waals surface area contributed by atoms with Crippen LogP contribution in [0.4, 0.5) is 10.5 Å². The fraction of sp³-hybridized carbons (Fsp3) is 0.421. The number of imide groups is 1. The number of amides is 3. The number of aryl methyl sites for hydroxylation is 1. The molecule has 3 heterocycles. The summed E-state index contributed by atoms with van der Waals surface area (Å²) in [5.41, 5.74) is 4.38. The zero-order valence-electron chi connectivity index (χ0n) is 16.0. The summed E-state index contributed by atoms with van der Waals surface area (Å²) >= 11 is 0. The number of aliphatic imine (C=N–C) groups is 1. The molecule has 0 aliphatic carbocycles. The van der Waals surface area contributed by atoms with E-state index in [2.05, 4.69) is 34.6 Å². The summed E-state index contributed by atoms with van der Waals surface area (Å²) < 4.78 is 0. The van der Waals surface area contributed by atoms with Gasteiger partial charge in [-0.1, -0.05) is 18.2 Å². The molecule has 3 aliphatic heterocycles. The first-order valence-corrected chi connectivity index (χ1v) is 9.09. The first kappa shape index (κ1) is 17.4. The van der Waals surface area contributed by atoms with Crippen LogP contribution in [0.3, 0.4) is 0 Å². The number of para-hydroxylation sites is 1. The van der Waals surface area contributed by atoms with Crippen LogP contribution in [0.2, 0.25) is 0 Å². The van der Waals surface area contributed by atoms with Crippen molar-refractivity contribution in [3.63, 3.8) is 0 Å². The predicted molar refractivity (Wildman–Crippen MR) is 103 cm³/mol. The fourth-order valence-corrected chi connectivity index (χ4v) is 3.87. The second-order valence-electron chi connectivity index (χ2n) is 7.13. The Balaban J connectivity index is 1.53. The summed E-state index contributed by atoms with van der Waals surface area (Å²) in [6.45, 7) is 7.55. The number of hydrogen-bond acceptors (Lipinski definition) is 6. The molecule has 1 aromatic rings. The lowest BCUT2D eigenvalue weighted by atomic mass is 10.1. The van der Waals surface area contributed by atoms with Gasteiger partial charge in [0.05, 0.1) is 0 Å². The van der Waals surface area contributed by atoms with Gasteiger partial charge < -0.3 is 15.1 Å². The fourth-order valence-electron chi connectivity index (χ4n) is 3.87. The van der Waals surface area contributed by atoms with Gasteiger partial charge in [0.2, 0.25) is 5.96 Å². The Morgan fingerprint density at radius 1 is 1.15 bits per heavy atom. The first-order valence-electron chi connectivity index (χ1n) is 9.09. The van der Waals surface area contributed by atoms with Crippen LogP contribution in [-0.4, -0.2) is 64.9 Å². The highest BCUT2D eigenvalue weighted by molar-refractivity contribution is 6.05. The number of likely N-dealkylation sites (N-methyl/N-ethyl adjacent to an activating group) is 1. The number of fused-ring (bicyclic) bond motifs is 3. The van der Waals surface area contributed by atoms with Gasteiger partial charge in [0, 0.05) is 37.2 Å². The maximum Gasteiger partial charge on any atom is 0.325 e. The summed E-state index contributed by atoms with van der Waals surface area (Å²) in [4.78, 5) is 34.6. The molecule has 0 spiro atoms. The molecule has 0 radical (unpaired) electrons. The number of nitrogens with one attached hydrogen (secondary N) is 2. The van der Waals surface area contributed by atoms with Gasteiger partial charge in [-0.15, -0.1) is 0 Å². The summed E-state index contributed by atoms with van der Waals surface area (Å²) in [7, 11) is 1.67. The van der Waals surface area contributed by atoms with Crippen LogP contribution in [0, 0.1) is 6.92 Å². The lowest BCUT2D eigenvalue weighted by Gasteiger charge is -2.35. The van der Waals surface area contributed by atoms with E-state index in [1.165, 1.54) is 10.5 Å². The van der Waals surface area contributed by atoms with Crippen molar-refractivity contribution in [1.82, 2.24) is 20.0 Å².